The lowest BCUT2D eigenvalue weighted by molar-refractivity contribution is -0.138. The lowest BCUT2D eigenvalue weighted by Crippen LogP contribution is -2.14. The molecule has 0 aromatic carbocycles. The molecule has 0 spiro atoms. The molecular formula is C12H15N3O4. The van der Waals surface area contributed by atoms with Gasteiger partial charge >= 0.3 is 5.97 Å². The van der Waals surface area contributed by atoms with Crippen molar-refractivity contribution in [3.63, 3.8) is 0 Å². The van der Waals surface area contributed by atoms with Crippen molar-refractivity contribution in [3.8, 4) is 0 Å². The quantitative estimate of drug-likeness (QED) is 0.752. The highest BCUT2D eigenvalue weighted by atomic mass is 16.5. The first-order valence-electron chi connectivity index (χ1n) is 5.93. The molecule has 2 aromatic heterocycles. The number of aromatic nitrogens is 3. The number of ether oxygens (including phenoxy) is 1. The van der Waals surface area contributed by atoms with Crippen LogP contribution < -0.4 is 5.56 Å². The van der Waals surface area contributed by atoms with E-state index in [-0.39, 0.29) is 24.6 Å². The zero-order valence-electron chi connectivity index (χ0n) is 10.5. The number of hydrogen-bond donors (Lipinski definition) is 2. The smallest absolute Gasteiger partial charge is 0.305 e. The van der Waals surface area contributed by atoms with Crippen LogP contribution in [-0.4, -0.2) is 39.1 Å². The molecule has 0 aliphatic rings. The predicted molar refractivity (Wildman–Crippen MR) is 68.1 cm³/mol. The Balaban J connectivity index is 2.05. The highest BCUT2D eigenvalue weighted by Gasteiger charge is 2.10. The minimum Gasteiger partial charge on any atom is -0.481 e. The Morgan fingerprint density at radius 2 is 2.42 bits per heavy atom. The number of rotatable bonds is 6. The second kappa shape index (κ2) is 5.66. The van der Waals surface area contributed by atoms with Gasteiger partial charge in [-0.05, 0) is 13.0 Å². The highest BCUT2D eigenvalue weighted by Crippen LogP contribution is 2.16. The lowest BCUT2D eigenvalue weighted by atomic mass is 10.3. The SMILES string of the molecule is CC(COCCC(=O)O)n1ccc2c(=O)[nH]ncc21. The molecule has 0 amide bonds. The van der Waals surface area contributed by atoms with Crippen molar-refractivity contribution >= 4 is 16.9 Å². The molecule has 19 heavy (non-hydrogen) atoms. The third-order valence-electron chi connectivity index (χ3n) is 2.85. The van der Waals surface area contributed by atoms with Crippen molar-refractivity contribution in [1.29, 1.82) is 0 Å². The van der Waals surface area contributed by atoms with Crippen LogP contribution in [0.5, 0.6) is 0 Å². The molecule has 2 aromatic rings. The van der Waals surface area contributed by atoms with E-state index in [1.165, 1.54) is 0 Å². The maximum atomic E-state index is 11.5. The molecule has 0 bridgehead atoms. The number of nitrogens with zero attached hydrogens (tertiary/aromatic N) is 2. The minimum atomic E-state index is -0.880. The molecular weight excluding hydrogens is 250 g/mol. The zero-order chi connectivity index (χ0) is 13.8. The van der Waals surface area contributed by atoms with Crippen LogP contribution in [0.3, 0.4) is 0 Å². The first-order chi connectivity index (χ1) is 9.09. The molecule has 0 fully saturated rings. The Hall–Kier alpha value is -2.15. The minimum absolute atomic E-state index is 0.00473. The molecule has 2 rings (SSSR count). The molecule has 0 aliphatic heterocycles. The van der Waals surface area contributed by atoms with E-state index >= 15 is 0 Å². The van der Waals surface area contributed by atoms with E-state index < -0.39 is 5.97 Å². The van der Waals surface area contributed by atoms with Gasteiger partial charge in [0.2, 0.25) is 0 Å². The van der Waals surface area contributed by atoms with Crippen molar-refractivity contribution in [2.45, 2.75) is 19.4 Å². The van der Waals surface area contributed by atoms with E-state index in [2.05, 4.69) is 10.2 Å². The van der Waals surface area contributed by atoms with Gasteiger partial charge in [0, 0.05) is 6.20 Å². The number of hydrogen-bond acceptors (Lipinski definition) is 4. The van der Waals surface area contributed by atoms with Crippen molar-refractivity contribution < 1.29 is 14.6 Å². The first kappa shape index (κ1) is 13.3. The Morgan fingerprint density at radius 3 is 3.16 bits per heavy atom. The standard InChI is InChI=1S/C12H15N3O4/c1-8(7-19-5-3-11(16)17)15-4-2-9-10(15)6-13-14-12(9)18/h2,4,6,8H,3,5,7H2,1H3,(H,14,18)(H,16,17). The van der Waals surface area contributed by atoms with Crippen LogP contribution in [0.4, 0.5) is 0 Å². The number of fused-ring (bicyclic) bond motifs is 1. The Bertz CT molecular complexity index is 631. The summed E-state index contributed by atoms with van der Waals surface area (Å²) in [6.07, 6.45) is 3.37. The summed E-state index contributed by atoms with van der Waals surface area (Å²) in [7, 11) is 0. The van der Waals surface area contributed by atoms with Gasteiger partial charge in [-0.15, -0.1) is 0 Å². The van der Waals surface area contributed by atoms with Gasteiger partial charge < -0.3 is 14.4 Å². The molecule has 0 saturated heterocycles. The van der Waals surface area contributed by atoms with E-state index in [0.29, 0.717) is 12.0 Å². The fourth-order valence-electron chi connectivity index (χ4n) is 1.88. The average molecular weight is 265 g/mol. The molecule has 0 saturated carbocycles. The van der Waals surface area contributed by atoms with Gasteiger partial charge in [0.25, 0.3) is 5.56 Å². The van der Waals surface area contributed by atoms with E-state index in [4.69, 9.17) is 9.84 Å². The van der Waals surface area contributed by atoms with Crippen molar-refractivity contribution in [2.24, 2.45) is 0 Å². The summed E-state index contributed by atoms with van der Waals surface area (Å²) in [5.74, 6) is -0.880. The van der Waals surface area contributed by atoms with Gasteiger partial charge in [-0.1, -0.05) is 0 Å². The van der Waals surface area contributed by atoms with Gasteiger partial charge in [-0.3, -0.25) is 9.59 Å². The summed E-state index contributed by atoms with van der Waals surface area (Å²) in [4.78, 5) is 21.9. The van der Waals surface area contributed by atoms with Crippen LogP contribution >= 0.6 is 0 Å². The Morgan fingerprint density at radius 1 is 1.63 bits per heavy atom. The van der Waals surface area contributed by atoms with Gasteiger partial charge in [0.05, 0.1) is 42.8 Å². The number of carboxylic acid groups (broad SMARTS) is 1. The van der Waals surface area contributed by atoms with Crippen molar-refractivity contribution in [2.75, 3.05) is 13.2 Å². The Kier molecular flexibility index (Phi) is 3.96. The summed E-state index contributed by atoms with van der Waals surface area (Å²) >= 11 is 0. The van der Waals surface area contributed by atoms with Gasteiger partial charge in [0.1, 0.15) is 0 Å². The molecule has 1 atom stereocenters. The first-order valence-corrected chi connectivity index (χ1v) is 5.93. The van der Waals surface area contributed by atoms with Gasteiger partial charge in [-0.2, -0.15) is 5.10 Å². The van der Waals surface area contributed by atoms with E-state index in [0.717, 1.165) is 5.52 Å². The van der Waals surface area contributed by atoms with E-state index in [1.807, 2.05) is 11.5 Å². The largest absolute Gasteiger partial charge is 0.481 e. The summed E-state index contributed by atoms with van der Waals surface area (Å²) in [5, 5.41) is 15.2. The van der Waals surface area contributed by atoms with Gasteiger partial charge in [-0.25, -0.2) is 5.10 Å². The summed E-state index contributed by atoms with van der Waals surface area (Å²) in [6, 6.07) is 1.72. The van der Waals surface area contributed by atoms with Crippen LogP contribution in [0.15, 0.2) is 23.3 Å². The molecule has 2 N–H and O–H groups in total. The molecule has 102 valence electrons. The summed E-state index contributed by atoms with van der Waals surface area (Å²) in [6.45, 7) is 2.49. The maximum absolute atomic E-state index is 11.5. The number of carboxylic acids is 1. The monoisotopic (exact) mass is 265 g/mol. The van der Waals surface area contributed by atoms with Crippen LogP contribution in [-0.2, 0) is 9.53 Å². The lowest BCUT2D eigenvalue weighted by Gasteiger charge is -2.14. The van der Waals surface area contributed by atoms with Crippen molar-refractivity contribution in [3.05, 3.63) is 28.8 Å². The second-order valence-electron chi connectivity index (χ2n) is 4.29. The molecule has 7 heteroatoms. The summed E-state index contributed by atoms with van der Waals surface area (Å²) < 4.78 is 7.19. The highest BCUT2D eigenvalue weighted by molar-refractivity contribution is 5.78. The fourth-order valence-corrected chi connectivity index (χ4v) is 1.88. The molecule has 0 aliphatic carbocycles. The van der Waals surface area contributed by atoms with Gasteiger partial charge in [0.15, 0.2) is 0 Å². The number of nitrogens with one attached hydrogen (secondary N) is 1. The van der Waals surface area contributed by atoms with E-state index in [9.17, 15) is 9.59 Å². The number of aliphatic carboxylic acids is 1. The molecule has 1 unspecified atom stereocenters. The predicted octanol–water partition coefficient (Wildman–Crippen LogP) is 0.777. The van der Waals surface area contributed by atoms with Crippen LogP contribution in [0, 0.1) is 0 Å². The summed E-state index contributed by atoms with van der Waals surface area (Å²) in [5.41, 5.74) is 0.508. The molecule has 2 heterocycles. The number of H-pyrrole nitrogens is 1. The van der Waals surface area contributed by atoms with Crippen LogP contribution in [0.2, 0.25) is 0 Å². The maximum Gasteiger partial charge on any atom is 0.305 e. The van der Waals surface area contributed by atoms with Crippen LogP contribution in [0.25, 0.3) is 10.9 Å². The second-order valence-corrected chi connectivity index (χ2v) is 4.29. The zero-order valence-corrected chi connectivity index (χ0v) is 10.5. The van der Waals surface area contributed by atoms with E-state index in [1.54, 1.807) is 18.5 Å². The molecule has 7 nitrogen and oxygen atoms in total. The van der Waals surface area contributed by atoms with Crippen molar-refractivity contribution in [1.82, 2.24) is 14.8 Å². The number of aromatic amines is 1. The number of carbonyl (C=O) groups is 1. The average Bonchev–Trinajstić information content (AvgIpc) is 2.79. The van der Waals surface area contributed by atoms with Crippen LogP contribution in [0.1, 0.15) is 19.4 Å². The third-order valence-corrected chi connectivity index (χ3v) is 2.85. The third kappa shape index (κ3) is 3.00. The fraction of sp³-hybridized carbons (Fsp3) is 0.417. The molecule has 0 radical (unpaired) electrons. The normalized spacial score (nSPS) is 12.7. The Labute approximate surface area is 108 Å². The topological polar surface area (TPSA) is 97.2 Å².